The summed E-state index contributed by atoms with van der Waals surface area (Å²) in [5.74, 6) is -0.315. The average Bonchev–Trinajstić information content (AvgIpc) is 2.54. The lowest BCUT2D eigenvalue weighted by Crippen LogP contribution is -2.62. The van der Waals surface area contributed by atoms with Crippen molar-refractivity contribution in [2.75, 3.05) is 26.2 Å². The monoisotopic (exact) mass is 240 g/mol. The summed E-state index contributed by atoms with van der Waals surface area (Å²) in [6.45, 7) is 2.78. The quantitative estimate of drug-likeness (QED) is 0.543. The number of nitrogens with one attached hydrogen (secondary N) is 2. The lowest BCUT2D eigenvalue weighted by atomic mass is 10.0. The van der Waals surface area contributed by atoms with Crippen molar-refractivity contribution < 1.29 is 9.59 Å². The van der Waals surface area contributed by atoms with Gasteiger partial charge in [-0.3, -0.25) is 14.5 Å². The Morgan fingerprint density at radius 1 is 1.35 bits per heavy atom. The van der Waals surface area contributed by atoms with Crippen LogP contribution in [-0.2, 0) is 9.59 Å². The predicted molar refractivity (Wildman–Crippen MR) is 63.2 cm³/mol. The lowest BCUT2D eigenvalue weighted by Gasteiger charge is -2.38. The van der Waals surface area contributed by atoms with Crippen molar-refractivity contribution in [3.05, 3.63) is 0 Å². The first-order chi connectivity index (χ1) is 8.20. The van der Waals surface area contributed by atoms with Crippen molar-refractivity contribution in [3.63, 3.8) is 0 Å². The van der Waals surface area contributed by atoms with Gasteiger partial charge in [0.15, 0.2) is 0 Å². The molecular formula is C11H20N4O2. The van der Waals surface area contributed by atoms with Crippen LogP contribution in [0.1, 0.15) is 19.3 Å². The Balaban J connectivity index is 2.11. The molecule has 2 heterocycles. The van der Waals surface area contributed by atoms with Crippen LogP contribution in [0.5, 0.6) is 0 Å². The van der Waals surface area contributed by atoms with Crippen molar-refractivity contribution in [2.24, 2.45) is 5.73 Å². The van der Waals surface area contributed by atoms with E-state index in [9.17, 15) is 9.59 Å². The molecule has 2 fully saturated rings. The van der Waals surface area contributed by atoms with Crippen LogP contribution < -0.4 is 16.4 Å². The van der Waals surface area contributed by atoms with E-state index in [1.807, 2.05) is 4.90 Å². The molecule has 4 N–H and O–H groups in total. The molecule has 17 heavy (non-hydrogen) atoms. The van der Waals surface area contributed by atoms with E-state index >= 15 is 0 Å². The second kappa shape index (κ2) is 5.46. The van der Waals surface area contributed by atoms with Crippen molar-refractivity contribution in [2.45, 2.75) is 31.3 Å². The second-order valence-corrected chi connectivity index (χ2v) is 4.66. The van der Waals surface area contributed by atoms with E-state index in [1.165, 1.54) is 0 Å². The highest BCUT2D eigenvalue weighted by molar-refractivity contribution is 5.85. The fourth-order valence-electron chi connectivity index (χ4n) is 2.60. The van der Waals surface area contributed by atoms with Gasteiger partial charge in [0, 0.05) is 26.2 Å². The molecule has 2 rings (SSSR count). The van der Waals surface area contributed by atoms with Gasteiger partial charge in [0.2, 0.25) is 11.8 Å². The number of nitrogens with two attached hydrogens (primary N) is 1. The third kappa shape index (κ3) is 2.76. The van der Waals surface area contributed by atoms with Crippen LogP contribution in [0.2, 0.25) is 0 Å². The smallest absolute Gasteiger partial charge is 0.237 e. The summed E-state index contributed by atoms with van der Waals surface area (Å²) in [5.41, 5.74) is 5.40. The van der Waals surface area contributed by atoms with Gasteiger partial charge in [-0.25, -0.2) is 0 Å². The molecule has 2 aliphatic rings. The molecule has 0 aromatic rings. The van der Waals surface area contributed by atoms with Gasteiger partial charge in [0.25, 0.3) is 0 Å². The number of nitrogens with zero attached hydrogens (tertiary/aromatic N) is 1. The fourth-order valence-corrected chi connectivity index (χ4v) is 2.60. The number of hydrogen-bond donors (Lipinski definition) is 3. The molecule has 2 saturated heterocycles. The zero-order valence-corrected chi connectivity index (χ0v) is 9.95. The minimum absolute atomic E-state index is 0.0376. The summed E-state index contributed by atoms with van der Waals surface area (Å²) in [6.07, 6.45) is 2.84. The minimum atomic E-state index is -0.363. The Kier molecular flexibility index (Phi) is 3.96. The Hall–Kier alpha value is -1.14. The fraction of sp³-hybridized carbons (Fsp3) is 0.818. The Morgan fingerprint density at radius 2 is 2.18 bits per heavy atom. The van der Waals surface area contributed by atoms with E-state index in [4.69, 9.17) is 5.73 Å². The summed E-state index contributed by atoms with van der Waals surface area (Å²) in [6, 6.07) is -0.560. The highest BCUT2D eigenvalue weighted by atomic mass is 16.2. The van der Waals surface area contributed by atoms with Crippen LogP contribution in [0.15, 0.2) is 0 Å². The van der Waals surface area contributed by atoms with Crippen LogP contribution in [-0.4, -0.2) is 55.0 Å². The van der Waals surface area contributed by atoms with E-state index in [0.717, 1.165) is 32.4 Å². The van der Waals surface area contributed by atoms with Crippen LogP contribution in [0.25, 0.3) is 0 Å². The second-order valence-electron chi connectivity index (χ2n) is 4.66. The third-order valence-electron chi connectivity index (χ3n) is 3.52. The molecular weight excluding hydrogens is 220 g/mol. The Bertz CT molecular complexity index is 308. The maximum Gasteiger partial charge on any atom is 0.237 e. The van der Waals surface area contributed by atoms with E-state index in [0.29, 0.717) is 13.1 Å². The standard InChI is InChI=1S/C11H20N4O2/c12-10(16)9-7-13-5-6-15(9)8-3-1-2-4-14-11(8)17/h8-9,13H,1-7H2,(H2,12,16)(H,14,17). The first-order valence-corrected chi connectivity index (χ1v) is 6.23. The molecule has 0 bridgehead atoms. The van der Waals surface area contributed by atoms with Gasteiger partial charge in [-0.1, -0.05) is 0 Å². The highest BCUT2D eigenvalue weighted by Gasteiger charge is 2.36. The van der Waals surface area contributed by atoms with Gasteiger partial charge < -0.3 is 16.4 Å². The normalized spacial score (nSPS) is 31.6. The minimum Gasteiger partial charge on any atom is -0.368 e. The van der Waals surface area contributed by atoms with E-state index < -0.39 is 0 Å². The molecule has 6 heteroatoms. The van der Waals surface area contributed by atoms with E-state index in [2.05, 4.69) is 10.6 Å². The van der Waals surface area contributed by atoms with Crippen molar-refractivity contribution in [1.82, 2.24) is 15.5 Å². The molecule has 0 saturated carbocycles. The molecule has 0 aromatic carbocycles. The van der Waals surface area contributed by atoms with Gasteiger partial charge >= 0.3 is 0 Å². The summed E-state index contributed by atoms with van der Waals surface area (Å²) < 4.78 is 0. The molecule has 0 spiro atoms. The Morgan fingerprint density at radius 3 is 2.94 bits per heavy atom. The van der Waals surface area contributed by atoms with Crippen LogP contribution in [0, 0.1) is 0 Å². The molecule has 0 radical (unpaired) electrons. The van der Waals surface area contributed by atoms with Crippen LogP contribution >= 0.6 is 0 Å². The van der Waals surface area contributed by atoms with Gasteiger partial charge in [-0.05, 0) is 19.3 Å². The molecule has 2 unspecified atom stereocenters. The van der Waals surface area contributed by atoms with Crippen LogP contribution in [0.3, 0.4) is 0 Å². The summed E-state index contributed by atoms with van der Waals surface area (Å²) in [4.78, 5) is 25.3. The van der Waals surface area contributed by atoms with Gasteiger partial charge in [-0.2, -0.15) is 0 Å². The summed E-state index contributed by atoms with van der Waals surface area (Å²) in [5, 5.41) is 6.04. The number of carbonyl (C=O) groups is 2. The SMILES string of the molecule is NC(=O)C1CNCCN1C1CCCCNC1=O. The topological polar surface area (TPSA) is 87.5 Å². The summed E-state index contributed by atoms with van der Waals surface area (Å²) >= 11 is 0. The third-order valence-corrected chi connectivity index (χ3v) is 3.52. The number of primary amides is 1. The van der Waals surface area contributed by atoms with Crippen molar-refractivity contribution in [3.8, 4) is 0 Å². The molecule has 2 aliphatic heterocycles. The van der Waals surface area contributed by atoms with E-state index in [1.54, 1.807) is 0 Å². The lowest BCUT2D eigenvalue weighted by molar-refractivity contribution is -0.131. The van der Waals surface area contributed by atoms with Gasteiger partial charge in [0.1, 0.15) is 6.04 Å². The molecule has 0 aromatic heterocycles. The first kappa shape index (κ1) is 12.3. The van der Waals surface area contributed by atoms with Crippen molar-refractivity contribution in [1.29, 1.82) is 0 Å². The maximum atomic E-state index is 12.0. The van der Waals surface area contributed by atoms with Crippen molar-refractivity contribution >= 4 is 11.8 Å². The number of rotatable bonds is 2. The largest absolute Gasteiger partial charge is 0.368 e. The zero-order valence-electron chi connectivity index (χ0n) is 9.95. The first-order valence-electron chi connectivity index (χ1n) is 6.23. The molecule has 0 aliphatic carbocycles. The number of carbonyl (C=O) groups excluding carboxylic acids is 2. The Labute approximate surface area is 101 Å². The predicted octanol–water partition coefficient (Wildman–Crippen LogP) is -1.59. The van der Waals surface area contributed by atoms with Gasteiger partial charge in [-0.15, -0.1) is 0 Å². The number of piperazine rings is 1. The number of hydrogen-bond acceptors (Lipinski definition) is 4. The molecule has 2 atom stereocenters. The van der Waals surface area contributed by atoms with Crippen LogP contribution in [0.4, 0.5) is 0 Å². The maximum absolute atomic E-state index is 12.0. The number of amides is 2. The average molecular weight is 240 g/mol. The van der Waals surface area contributed by atoms with Gasteiger partial charge in [0.05, 0.1) is 6.04 Å². The summed E-state index contributed by atoms with van der Waals surface area (Å²) in [7, 11) is 0. The molecule has 96 valence electrons. The zero-order chi connectivity index (χ0) is 12.3. The van der Waals surface area contributed by atoms with E-state index in [-0.39, 0.29) is 23.9 Å². The molecule has 2 amide bonds. The molecule has 6 nitrogen and oxygen atoms in total. The highest BCUT2D eigenvalue weighted by Crippen LogP contribution is 2.16.